The molecule has 6 heteroatoms. The lowest BCUT2D eigenvalue weighted by atomic mass is 10.2. The van der Waals surface area contributed by atoms with Gasteiger partial charge in [-0.05, 0) is 36.9 Å². The van der Waals surface area contributed by atoms with Gasteiger partial charge >= 0.3 is 5.97 Å². The first-order chi connectivity index (χ1) is 9.56. The molecule has 3 nitrogen and oxygen atoms in total. The number of hydrogen-bond acceptors (Lipinski definition) is 5. The van der Waals surface area contributed by atoms with Crippen LogP contribution in [0.5, 0.6) is 0 Å². The standard InChI is InChI=1S/C14H11NO2S3/c1-7-6-10(19-11(7)9-4-3-5-18-9)13-15-8(2)12(20-13)14(16)17/h3-6H,1-2H3,(H,16,17). The van der Waals surface area contributed by atoms with Gasteiger partial charge in [-0.3, -0.25) is 0 Å². The maximum Gasteiger partial charge on any atom is 0.347 e. The zero-order chi connectivity index (χ0) is 14.3. The van der Waals surface area contributed by atoms with Crippen LogP contribution in [0.1, 0.15) is 20.9 Å². The van der Waals surface area contributed by atoms with Crippen LogP contribution in [0.25, 0.3) is 19.6 Å². The Bertz CT molecular complexity index is 769. The smallest absolute Gasteiger partial charge is 0.347 e. The van der Waals surface area contributed by atoms with E-state index in [0.717, 1.165) is 9.88 Å². The van der Waals surface area contributed by atoms with Crippen LogP contribution in [0.15, 0.2) is 23.6 Å². The molecule has 0 amide bonds. The quantitative estimate of drug-likeness (QED) is 0.745. The molecule has 0 aliphatic rings. The number of carbonyl (C=O) groups is 1. The van der Waals surface area contributed by atoms with E-state index in [1.807, 2.05) is 6.07 Å². The summed E-state index contributed by atoms with van der Waals surface area (Å²) in [6.07, 6.45) is 0. The molecule has 3 rings (SSSR count). The summed E-state index contributed by atoms with van der Waals surface area (Å²) in [5.41, 5.74) is 1.79. The summed E-state index contributed by atoms with van der Waals surface area (Å²) in [5, 5.41) is 12.0. The first-order valence-electron chi connectivity index (χ1n) is 5.91. The Morgan fingerprint density at radius 3 is 2.65 bits per heavy atom. The summed E-state index contributed by atoms with van der Waals surface area (Å²) in [6.45, 7) is 3.82. The van der Waals surface area contributed by atoms with Gasteiger partial charge in [-0.25, -0.2) is 9.78 Å². The Kier molecular flexibility index (Phi) is 3.45. The van der Waals surface area contributed by atoms with Crippen molar-refractivity contribution >= 4 is 40.0 Å². The fraction of sp³-hybridized carbons (Fsp3) is 0.143. The molecule has 0 spiro atoms. The van der Waals surface area contributed by atoms with Crippen molar-refractivity contribution < 1.29 is 9.90 Å². The molecular weight excluding hydrogens is 310 g/mol. The van der Waals surface area contributed by atoms with Crippen LogP contribution in [0.4, 0.5) is 0 Å². The lowest BCUT2D eigenvalue weighted by Gasteiger charge is -1.92. The highest BCUT2D eigenvalue weighted by Crippen LogP contribution is 2.41. The van der Waals surface area contributed by atoms with E-state index in [0.29, 0.717) is 10.6 Å². The number of aromatic nitrogens is 1. The Hall–Kier alpha value is -1.50. The van der Waals surface area contributed by atoms with E-state index in [1.165, 1.54) is 26.7 Å². The number of aromatic carboxylic acids is 1. The fourth-order valence-corrected chi connectivity index (χ4v) is 4.98. The molecule has 0 radical (unpaired) electrons. The maximum atomic E-state index is 11.1. The van der Waals surface area contributed by atoms with Crippen molar-refractivity contribution in [3.8, 4) is 19.6 Å². The minimum atomic E-state index is -0.905. The van der Waals surface area contributed by atoms with Gasteiger partial charge in [0.05, 0.1) is 10.6 Å². The highest BCUT2D eigenvalue weighted by Gasteiger charge is 2.18. The average Bonchev–Trinajstić information content (AvgIpc) is 3.07. The van der Waals surface area contributed by atoms with Gasteiger partial charge in [0, 0.05) is 9.75 Å². The molecule has 3 aromatic rings. The zero-order valence-electron chi connectivity index (χ0n) is 10.8. The van der Waals surface area contributed by atoms with Gasteiger partial charge in [-0.15, -0.1) is 34.0 Å². The molecule has 20 heavy (non-hydrogen) atoms. The number of thiophene rings is 2. The molecule has 0 atom stereocenters. The minimum absolute atomic E-state index is 0.323. The van der Waals surface area contributed by atoms with Gasteiger partial charge in [-0.2, -0.15) is 0 Å². The maximum absolute atomic E-state index is 11.1. The van der Waals surface area contributed by atoms with Crippen LogP contribution in [0, 0.1) is 13.8 Å². The zero-order valence-corrected chi connectivity index (χ0v) is 13.3. The summed E-state index contributed by atoms with van der Waals surface area (Å²) >= 11 is 4.62. The molecule has 0 fully saturated rings. The third-order valence-electron chi connectivity index (χ3n) is 2.86. The molecule has 3 heterocycles. The van der Waals surface area contributed by atoms with E-state index in [1.54, 1.807) is 29.6 Å². The summed E-state index contributed by atoms with van der Waals surface area (Å²) in [5.74, 6) is -0.905. The highest BCUT2D eigenvalue weighted by atomic mass is 32.1. The van der Waals surface area contributed by atoms with Crippen molar-refractivity contribution in [2.24, 2.45) is 0 Å². The molecule has 0 saturated carbocycles. The van der Waals surface area contributed by atoms with Crippen molar-refractivity contribution in [2.45, 2.75) is 13.8 Å². The Balaban J connectivity index is 2.06. The van der Waals surface area contributed by atoms with Gasteiger partial charge < -0.3 is 5.11 Å². The van der Waals surface area contributed by atoms with Crippen molar-refractivity contribution in [1.29, 1.82) is 0 Å². The fourth-order valence-electron chi connectivity index (χ4n) is 1.94. The summed E-state index contributed by atoms with van der Waals surface area (Å²) < 4.78 is 0. The second-order valence-electron chi connectivity index (χ2n) is 4.34. The number of carboxylic acids is 1. The number of nitrogens with zero attached hydrogens (tertiary/aromatic N) is 1. The van der Waals surface area contributed by atoms with Crippen molar-refractivity contribution in [3.63, 3.8) is 0 Å². The predicted molar refractivity (Wildman–Crippen MR) is 85.2 cm³/mol. The Labute approximate surface area is 128 Å². The monoisotopic (exact) mass is 321 g/mol. The molecule has 1 N–H and O–H groups in total. The summed E-state index contributed by atoms with van der Waals surface area (Å²) in [6, 6.07) is 6.22. The first kappa shape index (κ1) is 13.5. The topological polar surface area (TPSA) is 50.2 Å². The van der Waals surface area contributed by atoms with E-state index in [2.05, 4.69) is 29.4 Å². The number of rotatable bonds is 3. The SMILES string of the molecule is Cc1cc(-c2nc(C)c(C(=O)O)s2)sc1-c1cccs1. The number of hydrogen-bond donors (Lipinski definition) is 1. The molecule has 0 unspecified atom stereocenters. The molecule has 102 valence electrons. The van der Waals surface area contributed by atoms with Gasteiger partial charge in [0.25, 0.3) is 0 Å². The van der Waals surface area contributed by atoms with Crippen LogP contribution in [-0.2, 0) is 0 Å². The van der Waals surface area contributed by atoms with Crippen LogP contribution >= 0.6 is 34.0 Å². The lowest BCUT2D eigenvalue weighted by molar-refractivity contribution is 0.0701. The Morgan fingerprint density at radius 2 is 2.05 bits per heavy atom. The molecule has 0 aromatic carbocycles. The van der Waals surface area contributed by atoms with Gasteiger partial charge in [-0.1, -0.05) is 6.07 Å². The van der Waals surface area contributed by atoms with Gasteiger partial charge in [0.1, 0.15) is 9.88 Å². The van der Waals surface area contributed by atoms with E-state index < -0.39 is 5.97 Å². The summed E-state index contributed by atoms with van der Waals surface area (Å²) in [7, 11) is 0. The molecule has 0 saturated heterocycles. The van der Waals surface area contributed by atoms with Crippen LogP contribution < -0.4 is 0 Å². The minimum Gasteiger partial charge on any atom is -0.477 e. The van der Waals surface area contributed by atoms with Crippen molar-refractivity contribution in [1.82, 2.24) is 4.98 Å². The average molecular weight is 321 g/mol. The van der Waals surface area contributed by atoms with Crippen LogP contribution in [-0.4, -0.2) is 16.1 Å². The third kappa shape index (κ3) is 2.30. The van der Waals surface area contributed by atoms with Gasteiger partial charge in [0.2, 0.25) is 0 Å². The van der Waals surface area contributed by atoms with E-state index in [9.17, 15) is 4.79 Å². The third-order valence-corrected chi connectivity index (χ3v) is 6.47. The largest absolute Gasteiger partial charge is 0.477 e. The van der Waals surface area contributed by atoms with E-state index in [-0.39, 0.29) is 0 Å². The molecular formula is C14H11NO2S3. The predicted octanol–water partition coefficient (Wildman–Crippen LogP) is 4.92. The Morgan fingerprint density at radius 1 is 1.25 bits per heavy atom. The molecule has 3 aromatic heterocycles. The van der Waals surface area contributed by atoms with Crippen LogP contribution in [0.2, 0.25) is 0 Å². The summed E-state index contributed by atoms with van der Waals surface area (Å²) in [4.78, 5) is 19.3. The normalized spacial score (nSPS) is 10.9. The van der Waals surface area contributed by atoms with Gasteiger partial charge in [0.15, 0.2) is 0 Å². The highest BCUT2D eigenvalue weighted by molar-refractivity contribution is 7.26. The van der Waals surface area contributed by atoms with E-state index in [4.69, 9.17) is 5.11 Å². The molecule has 0 bridgehead atoms. The first-order valence-corrected chi connectivity index (χ1v) is 8.43. The van der Waals surface area contributed by atoms with Crippen molar-refractivity contribution in [2.75, 3.05) is 0 Å². The van der Waals surface area contributed by atoms with Crippen LogP contribution in [0.3, 0.4) is 0 Å². The molecule has 0 aliphatic carbocycles. The van der Waals surface area contributed by atoms with E-state index >= 15 is 0 Å². The second kappa shape index (κ2) is 5.12. The van der Waals surface area contributed by atoms with Crippen molar-refractivity contribution in [3.05, 3.63) is 39.7 Å². The number of thiazole rings is 1. The number of carboxylic acid groups (broad SMARTS) is 1. The molecule has 0 aliphatic heterocycles. The number of aryl methyl sites for hydroxylation is 2. The lowest BCUT2D eigenvalue weighted by Crippen LogP contribution is -1.94. The second-order valence-corrected chi connectivity index (χ2v) is 7.34.